The van der Waals surface area contributed by atoms with E-state index in [2.05, 4.69) is 10.0 Å². The summed E-state index contributed by atoms with van der Waals surface area (Å²) in [6.45, 7) is 3.73. The molecule has 35 heavy (non-hydrogen) atoms. The van der Waals surface area contributed by atoms with Crippen molar-refractivity contribution in [3.05, 3.63) is 63.6 Å². The van der Waals surface area contributed by atoms with Crippen LogP contribution in [0.3, 0.4) is 0 Å². The summed E-state index contributed by atoms with van der Waals surface area (Å²) in [6.07, 6.45) is 2.56. The molecule has 1 aliphatic rings. The van der Waals surface area contributed by atoms with Gasteiger partial charge >= 0.3 is 5.97 Å². The standard InChI is InChI=1S/C24H29Cl2N3O5S/c1-15-6-4-7-16(2)29(15)35(32,33)28-21(24(31)34-3)14-17-10-12-18(13-11-17)27-23(30)22-19(25)8-5-9-20(22)26/h5,8-13,15-16,21,28H,4,6-7,14H2,1-3H3,(H,27,30). The van der Waals surface area contributed by atoms with E-state index < -0.39 is 28.1 Å². The Morgan fingerprint density at radius 1 is 1.06 bits per heavy atom. The van der Waals surface area contributed by atoms with E-state index in [0.717, 1.165) is 19.3 Å². The van der Waals surface area contributed by atoms with E-state index in [1.807, 2.05) is 13.8 Å². The third-order valence-electron chi connectivity index (χ3n) is 6.01. The minimum absolute atomic E-state index is 0.0765. The SMILES string of the molecule is COC(=O)C(Cc1ccc(NC(=O)c2c(Cl)cccc2Cl)cc1)NS(=O)(=O)N1C(C)CCCC1C. The van der Waals surface area contributed by atoms with Crippen LogP contribution in [0.2, 0.25) is 10.0 Å². The molecule has 8 nitrogen and oxygen atoms in total. The highest BCUT2D eigenvalue weighted by molar-refractivity contribution is 7.87. The lowest BCUT2D eigenvalue weighted by atomic mass is 10.0. The summed E-state index contributed by atoms with van der Waals surface area (Å²) >= 11 is 12.2. The second-order valence-corrected chi connectivity index (χ2v) is 11.0. The molecule has 2 aromatic rings. The molecule has 11 heteroatoms. The van der Waals surface area contributed by atoms with E-state index in [1.54, 1.807) is 42.5 Å². The molecule has 190 valence electrons. The van der Waals surface area contributed by atoms with Gasteiger partial charge in [-0.2, -0.15) is 17.4 Å². The van der Waals surface area contributed by atoms with E-state index in [-0.39, 0.29) is 34.1 Å². The van der Waals surface area contributed by atoms with Crippen molar-refractivity contribution in [1.82, 2.24) is 9.03 Å². The fourth-order valence-electron chi connectivity index (χ4n) is 4.30. The molecule has 0 spiro atoms. The number of hydrogen-bond donors (Lipinski definition) is 2. The highest BCUT2D eigenvalue weighted by Gasteiger charge is 2.37. The van der Waals surface area contributed by atoms with Crippen molar-refractivity contribution in [3.8, 4) is 0 Å². The lowest BCUT2D eigenvalue weighted by molar-refractivity contribution is -0.142. The average Bonchev–Trinajstić information content (AvgIpc) is 2.78. The maximum absolute atomic E-state index is 13.1. The van der Waals surface area contributed by atoms with E-state index in [0.29, 0.717) is 11.3 Å². The largest absolute Gasteiger partial charge is 0.468 e. The van der Waals surface area contributed by atoms with Crippen LogP contribution < -0.4 is 10.0 Å². The van der Waals surface area contributed by atoms with Gasteiger partial charge < -0.3 is 10.1 Å². The fourth-order valence-corrected chi connectivity index (χ4v) is 6.68. The number of rotatable bonds is 8. The number of benzene rings is 2. The van der Waals surface area contributed by atoms with Gasteiger partial charge in [0.15, 0.2) is 0 Å². The minimum atomic E-state index is -3.92. The van der Waals surface area contributed by atoms with Gasteiger partial charge in [0, 0.05) is 17.8 Å². The molecule has 0 bridgehead atoms. The summed E-state index contributed by atoms with van der Waals surface area (Å²) in [5, 5.41) is 3.19. The molecule has 2 aromatic carbocycles. The third-order valence-corrected chi connectivity index (χ3v) is 8.50. The molecule has 0 aliphatic carbocycles. The molecule has 2 N–H and O–H groups in total. The Morgan fingerprint density at radius 2 is 1.63 bits per heavy atom. The number of hydrogen-bond acceptors (Lipinski definition) is 5. The Balaban J connectivity index is 1.72. The number of nitrogens with zero attached hydrogens (tertiary/aromatic N) is 1. The summed E-state index contributed by atoms with van der Waals surface area (Å²) < 4.78 is 35.1. The van der Waals surface area contributed by atoms with Gasteiger partial charge in [0.1, 0.15) is 6.04 Å². The van der Waals surface area contributed by atoms with Crippen molar-refractivity contribution in [1.29, 1.82) is 0 Å². The molecule has 3 unspecified atom stereocenters. The zero-order valence-electron chi connectivity index (χ0n) is 19.8. The van der Waals surface area contributed by atoms with Crippen LogP contribution in [0.5, 0.6) is 0 Å². The molecule has 0 radical (unpaired) electrons. The van der Waals surface area contributed by atoms with Crippen molar-refractivity contribution in [3.63, 3.8) is 0 Å². The van der Waals surface area contributed by atoms with Gasteiger partial charge in [0.2, 0.25) is 0 Å². The van der Waals surface area contributed by atoms with E-state index >= 15 is 0 Å². The van der Waals surface area contributed by atoms with Gasteiger partial charge in [0.05, 0.1) is 22.7 Å². The number of piperidine rings is 1. The molecule has 1 heterocycles. The van der Waals surface area contributed by atoms with Crippen LogP contribution in [0.1, 0.15) is 49.0 Å². The first kappa shape index (κ1) is 27.4. The Labute approximate surface area is 216 Å². The van der Waals surface area contributed by atoms with Crippen LogP contribution in [0, 0.1) is 0 Å². The number of amides is 1. The number of carbonyl (C=O) groups is 2. The van der Waals surface area contributed by atoms with Gasteiger partial charge in [0.25, 0.3) is 16.1 Å². The van der Waals surface area contributed by atoms with E-state index in [4.69, 9.17) is 27.9 Å². The first-order valence-electron chi connectivity index (χ1n) is 11.3. The second-order valence-electron chi connectivity index (χ2n) is 8.61. The summed E-state index contributed by atoms with van der Waals surface area (Å²) in [5.74, 6) is -1.14. The third kappa shape index (κ3) is 6.74. The molecule has 3 atom stereocenters. The quantitative estimate of drug-likeness (QED) is 0.481. The molecule has 1 aliphatic heterocycles. The number of carbonyl (C=O) groups excluding carboxylic acids is 2. The van der Waals surface area contributed by atoms with Gasteiger partial charge in [-0.15, -0.1) is 0 Å². The van der Waals surface area contributed by atoms with Gasteiger partial charge in [-0.3, -0.25) is 9.59 Å². The number of halogens is 2. The summed E-state index contributed by atoms with van der Waals surface area (Å²) in [5.41, 5.74) is 1.33. The number of nitrogens with one attached hydrogen (secondary N) is 2. The average molecular weight is 542 g/mol. The lowest BCUT2D eigenvalue weighted by Crippen LogP contribution is -2.56. The molecular weight excluding hydrogens is 513 g/mol. The predicted molar refractivity (Wildman–Crippen MR) is 137 cm³/mol. The van der Waals surface area contributed by atoms with Crippen LogP contribution >= 0.6 is 23.2 Å². The monoisotopic (exact) mass is 541 g/mol. The fraction of sp³-hybridized carbons (Fsp3) is 0.417. The molecule has 1 amide bonds. The highest BCUT2D eigenvalue weighted by atomic mass is 35.5. The summed E-state index contributed by atoms with van der Waals surface area (Å²) in [4.78, 5) is 25.0. The van der Waals surface area contributed by atoms with Crippen molar-refractivity contribution in [2.24, 2.45) is 0 Å². The van der Waals surface area contributed by atoms with Crippen LogP contribution in [0.4, 0.5) is 5.69 Å². The topological polar surface area (TPSA) is 105 Å². The second kappa shape index (κ2) is 11.7. The molecule has 1 fully saturated rings. The predicted octanol–water partition coefficient (Wildman–Crippen LogP) is 4.43. The molecule has 1 saturated heterocycles. The Morgan fingerprint density at radius 3 is 2.17 bits per heavy atom. The van der Waals surface area contributed by atoms with Gasteiger partial charge in [-0.1, -0.05) is 47.8 Å². The van der Waals surface area contributed by atoms with Crippen LogP contribution in [-0.2, 0) is 26.2 Å². The molecule has 3 rings (SSSR count). The number of methoxy groups -OCH3 is 1. The smallest absolute Gasteiger partial charge is 0.324 e. The minimum Gasteiger partial charge on any atom is -0.468 e. The Bertz CT molecular complexity index is 1140. The number of ether oxygens (including phenoxy) is 1. The zero-order chi connectivity index (χ0) is 25.8. The first-order valence-corrected chi connectivity index (χ1v) is 13.5. The van der Waals surface area contributed by atoms with Crippen LogP contribution in [-0.4, -0.2) is 49.8 Å². The van der Waals surface area contributed by atoms with Crippen molar-refractivity contribution < 1.29 is 22.7 Å². The Kier molecular flexibility index (Phi) is 9.17. The van der Waals surface area contributed by atoms with Gasteiger partial charge in [-0.05, 0) is 62.9 Å². The Hall–Kier alpha value is -2.17. The first-order chi connectivity index (χ1) is 16.5. The zero-order valence-corrected chi connectivity index (χ0v) is 22.1. The summed E-state index contributed by atoms with van der Waals surface area (Å²) in [6, 6.07) is 10.1. The maximum atomic E-state index is 13.1. The number of esters is 1. The molecule has 0 aromatic heterocycles. The molecular formula is C24H29Cl2N3O5S. The van der Waals surface area contributed by atoms with Crippen molar-refractivity contribution in [2.75, 3.05) is 12.4 Å². The van der Waals surface area contributed by atoms with Crippen LogP contribution in [0.25, 0.3) is 0 Å². The highest BCUT2D eigenvalue weighted by Crippen LogP contribution is 2.27. The summed E-state index contributed by atoms with van der Waals surface area (Å²) in [7, 11) is -2.70. The van der Waals surface area contributed by atoms with Crippen molar-refractivity contribution in [2.45, 2.75) is 57.7 Å². The molecule has 0 saturated carbocycles. The van der Waals surface area contributed by atoms with E-state index in [1.165, 1.54) is 11.4 Å². The van der Waals surface area contributed by atoms with Crippen LogP contribution in [0.15, 0.2) is 42.5 Å². The normalized spacial score (nSPS) is 19.7. The van der Waals surface area contributed by atoms with Crippen molar-refractivity contribution >= 4 is 51.0 Å². The van der Waals surface area contributed by atoms with Gasteiger partial charge in [-0.25, -0.2) is 0 Å². The maximum Gasteiger partial charge on any atom is 0.324 e. The number of anilines is 1. The lowest BCUT2D eigenvalue weighted by Gasteiger charge is -2.38. The van der Waals surface area contributed by atoms with E-state index in [9.17, 15) is 18.0 Å².